The summed E-state index contributed by atoms with van der Waals surface area (Å²) in [7, 11) is 0. The van der Waals surface area contributed by atoms with E-state index in [-0.39, 0.29) is 11.6 Å². The molecule has 0 aromatic carbocycles. The van der Waals surface area contributed by atoms with Crippen LogP contribution in [0.15, 0.2) is 36.9 Å². The van der Waals surface area contributed by atoms with Gasteiger partial charge in [-0.1, -0.05) is 0 Å². The first-order valence-electron chi connectivity index (χ1n) is 7.15. The normalized spacial score (nSPS) is 14.6. The Labute approximate surface area is 132 Å². The molecule has 2 aromatic heterocycles. The van der Waals surface area contributed by atoms with E-state index >= 15 is 0 Å². The molecule has 0 spiro atoms. The lowest BCUT2D eigenvalue weighted by molar-refractivity contribution is 0.0686. The largest absolute Gasteiger partial charge is 0.477 e. The fourth-order valence-corrected chi connectivity index (χ4v) is 2.42. The van der Waals surface area contributed by atoms with E-state index in [2.05, 4.69) is 19.9 Å². The molecule has 1 amide bonds. The van der Waals surface area contributed by atoms with E-state index < -0.39 is 5.97 Å². The van der Waals surface area contributed by atoms with Gasteiger partial charge >= 0.3 is 5.97 Å². The van der Waals surface area contributed by atoms with Crippen LogP contribution in [0.5, 0.6) is 0 Å². The van der Waals surface area contributed by atoms with Crippen molar-refractivity contribution in [1.29, 1.82) is 0 Å². The zero-order valence-electron chi connectivity index (χ0n) is 12.3. The van der Waals surface area contributed by atoms with Crippen molar-refractivity contribution < 1.29 is 14.7 Å². The van der Waals surface area contributed by atoms with Gasteiger partial charge in [-0.25, -0.2) is 14.8 Å². The van der Waals surface area contributed by atoms with E-state index in [0.29, 0.717) is 31.7 Å². The number of aromatic carboxylic acids is 1. The van der Waals surface area contributed by atoms with Gasteiger partial charge in [0.2, 0.25) is 0 Å². The average molecular weight is 313 g/mol. The Hall–Kier alpha value is -3.03. The fraction of sp³-hybridized carbons (Fsp3) is 0.267. The third-order valence-corrected chi connectivity index (χ3v) is 3.67. The van der Waals surface area contributed by atoms with E-state index in [1.54, 1.807) is 23.5 Å². The summed E-state index contributed by atoms with van der Waals surface area (Å²) in [5, 5.41) is 8.83. The third-order valence-electron chi connectivity index (χ3n) is 3.67. The summed E-state index contributed by atoms with van der Waals surface area (Å²) in [6.07, 6.45) is 6.27. The molecule has 0 bridgehead atoms. The number of hydrogen-bond donors (Lipinski definition) is 1. The fourth-order valence-electron chi connectivity index (χ4n) is 2.42. The summed E-state index contributed by atoms with van der Waals surface area (Å²) in [6.45, 7) is 2.47. The number of carboxylic acid groups (broad SMARTS) is 1. The molecule has 2 aromatic rings. The molecule has 1 fully saturated rings. The molecule has 0 aliphatic carbocycles. The highest BCUT2D eigenvalue weighted by Crippen LogP contribution is 2.13. The molecular formula is C15H15N5O3. The second-order valence-corrected chi connectivity index (χ2v) is 5.08. The molecule has 3 heterocycles. The van der Waals surface area contributed by atoms with Crippen molar-refractivity contribution in [3.8, 4) is 0 Å². The number of rotatable bonds is 3. The van der Waals surface area contributed by atoms with Crippen LogP contribution < -0.4 is 4.90 Å². The predicted octanol–water partition coefficient (Wildman–Crippen LogP) is 0.532. The van der Waals surface area contributed by atoms with Crippen molar-refractivity contribution >= 4 is 17.7 Å². The van der Waals surface area contributed by atoms with Crippen molar-refractivity contribution in [3.05, 3.63) is 48.2 Å². The van der Waals surface area contributed by atoms with Crippen molar-refractivity contribution in [1.82, 2.24) is 19.9 Å². The molecule has 1 aliphatic heterocycles. The summed E-state index contributed by atoms with van der Waals surface area (Å²) in [5.41, 5.74) is 0.317. The summed E-state index contributed by atoms with van der Waals surface area (Å²) >= 11 is 0. The number of carbonyl (C=O) groups excluding carboxylic acids is 1. The number of amides is 1. The topological polar surface area (TPSA) is 99.5 Å². The van der Waals surface area contributed by atoms with Gasteiger partial charge in [-0.2, -0.15) is 0 Å². The molecule has 0 saturated carbocycles. The predicted molar refractivity (Wildman–Crippen MR) is 81.3 cm³/mol. The SMILES string of the molecule is O=C(O)c1ccc(C(=O)N2CCN(c3cnccn3)CC2)cn1. The van der Waals surface area contributed by atoms with Gasteiger partial charge in [-0.15, -0.1) is 0 Å². The molecule has 0 radical (unpaired) electrons. The van der Waals surface area contributed by atoms with Crippen LogP contribution in [0, 0.1) is 0 Å². The first-order chi connectivity index (χ1) is 11.1. The minimum absolute atomic E-state index is 0.0750. The van der Waals surface area contributed by atoms with Crippen LogP contribution in [-0.2, 0) is 0 Å². The molecule has 0 unspecified atom stereocenters. The molecule has 1 saturated heterocycles. The van der Waals surface area contributed by atoms with Crippen molar-refractivity contribution in [2.45, 2.75) is 0 Å². The number of nitrogens with zero attached hydrogens (tertiary/aromatic N) is 5. The third kappa shape index (κ3) is 3.25. The molecule has 118 valence electrons. The van der Waals surface area contributed by atoms with E-state index in [4.69, 9.17) is 5.11 Å². The van der Waals surface area contributed by atoms with Gasteiger partial charge in [-0.05, 0) is 12.1 Å². The molecule has 23 heavy (non-hydrogen) atoms. The van der Waals surface area contributed by atoms with Crippen LogP contribution >= 0.6 is 0 Å². The highest BCUT2D eigenvalue weighted by atomic mass is 16.4. The number of carboxylic acids is 1. The monoisotopic (exact) mass is 313 g/mol. The van der Waals surface area contributed by atoms with Crippen LogP contribution in [-0.4, -0.2) is 63.0 Å². The maximum absolute atomic E-state index is 12.4. The zero-order valence-corrected chi connectivity index (χ0v) is 12.3. The van der Waals surface area contributed by atoms with Gasteiger partial charge in [0.25, 0.3) is 5.91 Å². The van der Waals surface area contributed by atoms with Crippen LogP contribution in [0.3, 0.4) is 0 Å². The van der Waals surface area contributed by atoms with Gasteiger partial charge in [-0.3, -0.25) is 9.78 Å². The lowest BCUT2D eigenvalue weighted by atomic mass is 10.2. The highest BCUT2D eigenvalue weighted by Gasteiger charge is 2.23. The lowest BCUT2D eigenvalue weighted by Crippen LogP contribution is -2.49. The molecule has 1 aliphatic rings. The molecule has 0 atom stereocenters. The second kappa shape index (κ2) is 6.39. The number of piperazine rings is 1. The summed E-state index contributed by atoms with van der Waals surface area (Å²) in [5.74, 6) is -0.457. The van der Waals surface area contributed by atoms with Gasteiger partial charge < -0.3 is 14.9 Å². The maximum atomic E-state index is 12.4. The van der Waals surface area contributed by atoms with Gasteiger partial charge in [0.15, 0.2) is 0 Å². The lowest BCUT2D eigenvalue weighted by Gasteiger charge is -2.35. The quantitative estimate of drug-likeness (QED) is 0.882. The molecule has 8 heteroatoms. The number of carbonyl (C=O) groups is 2. The van der Waals surface area contributed by atoms with E-state index in [0.717, 1.165) is 5.82 Å². The Bertz CT molecular complexity index is 697. The first-order valence-corrected chi connectivity index (χ1v) is 7.15. The highest BCUT2D eigenvalue weighted by molar-refractivity contribution is 5.95. The minimum atomic E-state index is -1.11. The molecule has 3 rings (SSSR count). The van der Waals surface area contributed by atoms with Crippen molar-refractivity contribution in [2.75, 3.05) is 31.1 Å². The van der Waals surface area contributed by atoms with E-state index in [1.807, 2.05) is 0 Å². The summed E-state index contributed by atoms with van der Waals surface area (Å²) in [6, 6.07) is 2.83. The van der Waals surface area contributed by atoms with Crippen LogP contribution in [0.2, 0.25) is 0 Å². The van der Waals surface area contributed by atoms with Crippen molar-refractivity contribution in [2.24, 2.45) is 0 Å². The van der Waals surface area contributed by atoms with E-state index in [1.165, 1.54) is 18.3 Å². The number of anilines is 1. The number of hydrogen-bond acceptors (Lipinski definition) is 6. The van der Waals surface area contributed by atoms with Crippen LogP contribution in [0.4, 0.5) is 5.82 Å². The Morgan fingerprint density at radius 3 is 2.35 bits per heavy atom. The van der Waals surface area contributed by atoms with E-state index in [9.17, 15) is 9.59 Å². The first kappa shape index (κ1) is 14.9. The Morgan fingerprint density at radius 1 is 1.00 bits per heavy atom. The summed E-state index contributed by atoms with van der Waals surface area (Å²) < 4.78 is 0. The Kier molecular flexibility index (Phi) is 4.13. The second-order valence-electron chi connectivity index (χ2n) is 5.08. The zero-order chi connectivity index (χ0) is 16.2. The maximum Gasteiger partial charge on any atom is 0.354 e. The van der Waals surface area contributed by atoms with Gasteiger partial charge in [0, 0.05) is 44.8 Å². The minimum Gasteiger partial charge on any atom is -0.477 e. The van der Waals surface area contributed by atoms with Gasteiger partial charge in [0.1, 0.15) is 11.5 Å². The Morgan fingerprint density at radius 2 is 1.78 bits per heavy atom. The van der Waals surface area contributed by atoms with Gasteiger partial charge in [0.05, 0.1) is 11.8 Å². The van der Waals surface area contributed by atoms with Crippen molar-refractivity contribution in [3.63, 3.8) is 0 Å². The van der Waals surface area contributed by atoms with Crippen LogP contribution in [0.1, 0.15) is 20.8 Å². The molecular weight excluding hydrogens is 298 g/mol. The summed E-state index contributed by atoms with van der Waals surface area (Å²) in [4.78, 5) is 39.1. The number of pyridine rings is 1. The molecule has 1 N–H and O–H groups in total. The Balaban J connectivity index is 1.63. The smallest absolute Gasteiger partial charge is 0.354 e. The molecule has 8 nitrogen and oxygen atoms in total. The van der Waals surface area contributed by atoms with Crippen LogP contribution in [0.25, 0.3) is 0 Å². The number of aromatic nitrogens is 3. The standard InChI is InChI=1S/C15H15N5O3/c21-14(11-1-2-12(15(22)23)18-9-11)20-7-5-19(6-8-20)13-10-16-3-4-17-13/h1-4,9-10H,5-8H2,(H,22,23). The average Bonchev–Trinajstić information content (AvgIpc) is 2.62.